The predicted molar refractivity (Wildman–Crippen MR) is 86.1 cm³/mol. The fourth-order valence-corrected chi connectivity index (χ4v) is 2.86. The van der Waals surface area contributed by atoms with Gasteiger partial charge in [-0.3, -0.25) is 9.59 Å². The van der Waals surface area contributed by atoms with Crippen molar-refractivity contribution in [1.29, 1.82) is 0 Å². The van der Waals surface area contributed by atoms with E-state index in [0.29, 0.717) is 23.8 Å². The van der Waals surface area contributed by atoms with Crippen LogP contribution in [0, 0.1) is 5.92 Å². The van der Waals surface area contributed by atoms with Gasteiger partial charge in [0.2, 0.25) is 0 Å². The summed E-state index contributed by atoms with van der Waals surface area (Å²) in [6.07, 6.45) is 1.12. The second kappa shape index (κ2) is 7.31. The van der Waals surface area contributed by atoms with Gasteiger partial charge in [0.15, 0.2) is 0 Å². The minimum Gasteiger partial charge on any atom is -0.393 e. The first kappa shape index (κ1) is 17.1. The van der Waals surface area contributed by atoms with E-state index in [9.17, 15) is 14.7 Å². The van der Waals surface area contributed by atoms with E-state index in [1.165, 1.54) is 4.90 Å². The average Bonchev–Trinajstić information content (AvgIpc) is 2.51. The highest BCUT2D eigenvalue weighted by Gasteiger charge is 2.30. The fourth-order valence-electron chi connectivity index (χ4n) is 2.51. The Kier molecular flexibility index (Phi) is 5.67. The second-order valence-electron chi connectivity index (χ2n) is 5.45. The van der Waals surface area contributed by atoms with Crippen molar-refractivity contribution < 1.29 is 14.7 Å². The van der Waals surface area contributed by atoms with Crippen molar-refractivity contribution in [3.8, 4) is 0 Å². The summed E-state index contributed by atoms with van der Waals surface area (Å²) in [6.45, 7) is 2.59. The van der Waals surface area contributed by atoms with Crippen molar-refractivity contribution in [1.82, 2.24) is 4.90 Å². The van der Waals surface area contributed by atoms with Gasteiger partial charge in [-0.2, -0.15) is 0 Å². The lowest BCUT2D eigenvalue weighted by Gasteiger charge is -2.33. The number of likely N-dealkylation sites (tertiary alicyclic amines) is 1. The van der Waals surface area contributed by atoms with Gasteiger partial charge in [-0.15, -0.1) is 0 Å². The molecule has 2 amide bonds. The van der Waals surface area contributed by atoms with Crippen LogP contribution in [0.5, 0.6) is 0 Å². The number of halogens is 2. The van der Waals surface area contributed by atoms with Crippen LogP contribution in [0.2, 0.25) is 10.0 Å². The third-order valence-corrected chi connectivity index (χ3v) is 4.64. The zero-order valence-corrected chi connectivity index (χ0v) is 13.7. The lowest BCUT2D eigenvalue weighted by Crippen LogP contribution is -2.47. The zero-order chi connectivity index (χ0) is 16.3. The molecule has 2 unspecified atom stereocenters. The molecule has 2 atom stereocenters. The Morgan fingerprint density at radius 1 is 1.41 bits per heavy atom. The number of hydrogen-bond acceptors (Lipinski definition) is 3. The zero-order valence-electron chi connectivity index (χ0n) is 12.2. The van der Waals surface area contributed by atoms with Crippen molar-refractivity contribution >= 4 is 40.7 Å². The SMILES string of the molecule is CC(O)C1CCCN(C(=O)C(=O)Nc2cccc(Cl)c2Cl)C1. The van der Waals surface area contributed by atoms with Gasteiger partial charge < -0.3 is 15.3 Å². The summed E-state index contributed by atoms with van der Waals surface area (Å²) in [5.41, 5.74) is 0.302. The van der Waals surface area contributed by atoms with Crippen LogP contribution >= 0.6 is 23.2 Å². The number of hydrogen-bond donors (Lipinski definition) is 2. The number of amides is 2. The van der Waals surface area contributed by atoms with Crippen molar-refractivity contribution in [3.63, 3.8) is 0 Å². The quantitative estimate of drug-likeness (QED) is 0.810. The van der Waals surface area contributed by atoms with Gasteiger partial charge in [-0.25, -0.2) is 0 Å². The summed E-state index contributed by atoms with van der Waals surface area (Å²) in [6, 6.07) is 4.81. The fraction of sp³-hybridized carbons (Fsp3) is 0.467. The predicted octanol–water partition coefficient (Wildman–Crippen LogP) is 2.55. The van der Waals surface area contributed by atoms with Crippen LogP contribution < -0.4 is 5.32 Å². The van der Waals surface area contributed by atoms with Crippen LogP contribution in [0.3, 0.4) is 0 Å². The number of benzene rings is 1. The summed E-state index contributed by atoms with van der Waals surface area (Å²) in [4.78, 5) is 25.8. The number of rotatable bonds is 2. The van der Waals surface area contributed by atoms with Crippen LogP contribution in [0.4, 0.5) is 5.69 Å². The third-order valence-electron chi connectivity index (χ3n) is 3.82. The van der Waals surface area contributed by atoms with Gasteiger partial charge in [0, 0.05) is 19.0 Å². The summed E-state index contributed by atoms with van der Waals surface area (Å²) < 4.78 is 0. The molecule has 5 nitrogen and oxygen atoms in total. The maximum atomic E-state index is 12.2. The van der Waals surface area contributed by atoms with E-state index in [1.807, 2.05) is 0 Å². The summed E-state index contributed by atoms with van der Waals surface area (Å²) in [7, 11) is 0. The minimum atomic E-state index is -0.754. The Balaban J connectivity index is 2.03. The molecule has 22 heavy (non-hydrogen) atoms. The Morgan fingerprint density at radius 2 is 2.14 bits per heavy atom. The maximum absolute atomic E-state index is 12.2. The second-order valence-corrected chi connectivity index (χ2v) is 6.23. The minimum absolute atomic E-state index is 0.000239. The molecule has 1 fully saturated rings. The smallest absolute Gasteiger partial charge is 0.313 e. The van der Waals surface area contributed by atoms with Gasteiger partial charge in [-0.05, 0) is 31.9 Å². The molecule has 7 heteroatoms. The van der Waals surface area contributed by atoms with Crippen LogP contribution in [0.15, 0.2) is 18.2 Å². The standard InChI is InChI=1S/C15H18Cl2N2O3/c1-9(20)10-4-3-7-19(8-10)15(22)14(21)18-12-6-2-5-11(16)13(12)17/h2,5-6,9-10,20H,3-4,7-8H2,1H3,(H,18,21). The van der Waals surface area contributed by atoms with E-state index in [2.05, 4.69) is 5.32 Å². The van der Waals surface area contributed by atoms with Crippen LogP contribution in [0.1, 0.15) is 19.8 Å². The Labute approximate surface area is 139 Å². The molecule has 2 N–H and O–H groups in total. The molecule has 1 aromatic rings. The third kappa shape index (κ3) is 3.91. The van der Waals surface area contributed by atoms with Gasteiger partial charge >= 0.3 is 11.8 Å². The van der Waals surface area contributed by atoms with Crippen molar-refractivity contribution in [2.24, 2.45) is 5.92 Å². The highest BCUT2D eigenvalue weighted by atomic mass is 35.5. The Bertz CT molecular complexity index is 578. The lowest BCUT2D eigenvalue weighted by molar-refractivity contribution is -0.144. The van der Waals surface area contributed by atoms with Crippen LogP contribution in [-0.4, -0.2) is 41.0 Å². The van der Waals surface area contributed by atoms with Gasteiger partial charge in [0.1, 0.15) is 0 Å². The number of carbonyl (C=O) groups excluding carboxylic acids is 2. The molecule has 1 aliphatic heterocycles. The maximum Gasteiger partial charge on any atom is 0.313 e. The number of aliphatic hydroxyl groups excluding tert-OH is 1. The monoisotopic (exact) mass is 344 g/mol. The Morgan fingerprint density at radius 3 is 2.82 bits per heavy atom. The van der Waals surface area contributed by atoms with E-state index in [4.69, 9.17) is 23.2 Å². The molecule has 1 aliphatic rings. The van der Waals surface area contributed by atoms with E-state index in [-0.39, 0.29) is 10.9 Å². The largest absolute Gasteiger partial charge is 0.393 e. The van der Waals surface area contributed by atoms with Crippen molar-refractivity contribution in [2.45, 2.75) is 25.9 Å². The molecule has 1 heterocycles. The van der Waals surface area contributed by atoms with Crippen molar-refractivity contribution in [3.05, 3.63) is 28.2 Å². The van der Waals surface area contributed by atoms with Gasteiger partial charge in [0.25, 0.3) is 0 Å². The molecule has 0 saturated carbocycles. The number of piperidine rings is 1. The van der Waals surface area contributed by atoms with Crippen LogP contribution in [-0.2, 0) is 9.59 Å². The number of anilines is 1. The molecule has 1 aromatic carbocycles. The number of aliphatic hydroxyl groups is 1. The summed E-state index contributed by atoms with van der Waals surface area (Å²) in [5, 5.41) is 12.6. The summed E-state index contributed by atoms with van der Waals surface area (Å²) in [5.74, 6) is -1.38. The number of carbonyl (C=O) groups is 2. The molecule has 1 saturated heterocycles. The first-order valence-corrected chi connectivity index (χ1v) is 7.88. The molecule has 0 bridgehead atoms. The van der Waals surface area contributed by atoms with Crippen LogP contribution in [0.25, 0.3) is 0 Å². The molecular formula is C15H18Cl2N2O3. The highest BCUT2D eigenvalue weighted by molar-refractivity contribution is 6.45. The topological polar surface area (TPSA) is 69.6 Å². The summed E-state index contributed by atoms with van der Waals surface area (Å²) >= 11 is 11.9. The van der Waals surface area contributed by atoms with Crippen molar-refractivity contribution in [2.75, 3.05) is 18.4 Å². The highest BCUT2D eigenvalue weighted by Crippen LogP contribution is 2.29. The van der Waals surface area contributed by atoms with E-state index in [1.54, 1.807) is 25.1 Å². The molecule has 120 valence electrons. The molecule has 0 aliphatic carbocycles. The van der Waals surface area contributed by atoms with Gasteiger partial charge in [0.05, 0.1) is 21.8 Å². The molecule has 0 aromatic heterocycles. The normalized spacial score (nSPS) is 19.6. The lowest BCUT2D eigenvalue weighted by atomic mass is 9.93. The number of nitrogens with one attached hydrogen (secondary N) is 1. The molecule has 2 rings (SSSR count). The van der Waals surface area contributed by atoms with E-state index in [0.717, 1.165) is 12.8 Å². The number of nitrogens with zero attached hydrogens (tertiary/aromatic N) is 1. The molecule has 0 radical (unpaired) electrons. The van der Waals surface area contributed by atoms with Gasteiger partial charge in [-0.1, -0.05) is 29.3 Å². The first-order valence-electron chi connectivity index (χ1n) is 7.12. The molecule has 0 spiro atoms. The van der Waals surface area contributed by atoms with E-state index >= 15 is 0 Å². The first-order chi connectivity index (χ1) is 10.4. The average molecular weight is 345 g/mol. The van der Waals surface area contributed by atoms with E-state index < -0.39 is 17.9 Å². The Hall–Kier alpha value is -1.30. The molecular weight excluding hydrogens is 327 g/mol.